The van der Waals surface area contributed by atoms with E-state index in [1.165, 1.54) is 22.8 Å². The van der Waals surface area contributed by atoms with Crippen molar-refractivity contribution in [2.75, 3.05) is 6.61 Å². The molecule has 2 aromatic carbocycles. The number of hydrogen-bond donors (Lipinski definition) is 1. The van der Waals surface area contributed by atoms with Crippen LogP contribution in [0, 0.1) is 12.7 Å². The van der Waals surface area contributed by atoms with Gasteiger partial charge in [0.1, 0.15) is 12.4 Å². The predicted molar refractivity (Wildman–Crippen MR) is 150 cm³/mol. The summed E-state index contributed by atoms with van der Waals surface area (Å²) in [5, 5.41) is 0. The lowest BCUT2D eigenvalue weighted by molar-refractivity contribution is 0.0467. The number of esters is 1. The topological polar surface area (TPSA) is 82.5 Å². The van der Waals surface area contributed by atoms with Crippen molar-refractivity contribution < 1.29 is 13.9 Å². The highest BCUT2D eigenvalue weighted by molar-refractivity contribution is 5.88. The molecule has 39 heavy (non-hydrogen) atoms. The molecule has 0 unspecified atom stereocenters. The van der Waals surface area contributed by atoms with E-state index in [4.69, 9.17) is 10.5 Å². The predicted octanol–water partition coefficient (Wildman–Crippen LogP) is 6.02. The third kappa shape index (κ3) is 4.84. The lowest BCUT2D eigenvalue weighted by Gasteiger charge is -2.14. The highest BCUT2D eigenvalue weighted by atomic mass is 19.1. The van der Waals surface area contributed by atoms with Gasteiger partial charge in [-0.05, 0) is 84.0 Å². The second-order valence-electron chi connectivity index (χ2n) is 9.81. The van der Waals surface area contributed by atoms with Gasteiger partial charge in [0.05, 0.1) is 17.4 Å². The Morgan fingerprint density at radius 2 is 1.90 bits per heavy atom. The zero-order valence-electron chi connectivity index (χ0n) is 21.5. The van der Waals surface area contributed by atoms with Gasteiger partial charge in [0.2, 0.25) is 5.82 Å². The number of hydrogen-bond acceptors (Lipinski definition) is 5. The summed E-state index contributed by atoms with van der Waals surface area (Å²) in [4.78, 5) is 21.8. The Kier molecular flexibility index (Phi) is 6.50. The van der Waals surface area contributed by atoms with E-state index < -0.39 is 5.97 Å². The van der Waals surface area contributed by atoms with Gasteiger partial charge in [0.25, 0.3) is 0 Å². The molecule has 7 heteroatoms. The van der Waals surface area contributed by atoms with Crippen LogP contribution in [0.4, 0.5) is 4.39 Å². The summed E-state index contributed by atoms with van der Waals surface area (Å²) in [6, 6.07) is 20.6. The number of ether oxygens (including phenoxy) is 1. The summed E-state index contributed by atoms with van der Waals surface area (Å²) < 4.78 is 21.1. The fourth-order valence-corrected chi connectivity index (χ4v) is 5.12. The Balaban J connectivity index is 1.18. The van der Waals surface area contributed by atoms with Crippen molar-refractivity contribution in [3.05, 3.63) is 120 Å². The highest BCUT2D eigenvalue weighted by Crippen LogP contribution is 2.32. The lowest BCUT2D eigenvalue weighted by Crippen LogP contribution is -2.28. The summed E-state index contributed by atoms with van der Waals surface area (Å²) in [5.74, 6) is -0.587. The van der Waals surface area contributed by atoms with E-state index in [0.717, 1.165) is 34.3 Å². The second-order valence-corrected chi connectivity index (χ2v) is 9.81. The van der Waals surface area contributed by atoms with Crippen molar-refractivity contribution in [1.29, 1.82) is 0 Å². The maximum atomic E-state index is 13.8. The van der Waals surface area contributed by atoms with E-state index >= 15 is 0 Å². The van der Waals surface area contributed by atoms with Gasteiger partial charge in [-0.1, -0.05) is 36.4 Å². The van der Waals surface area contributed by atoms with Crippen molar-refractivity contribution in [1.82, 2.24) is 14.4 Å². The average Bonchev–Trinajstić information content (AvgIpc) is 3.57. The molecule has 5 aromatic rings. The summed E-state index contributed by atoms with van der Waals surface area (Å²) in [6.45, 7) is 1.83. The third-order valence-electron chi connectivity index (χ3n) is 7.11. The van der Waals surface area contributed by atoms with Crippen LogP contribution < -0.4 is 5.73 Å². The number of benzene rings is 2. The molecule has 3 heterocycles. The van der Waals surface area contributed by atoms with Crippen LogP contribution in [0.1, 0.15) is 33.7 Å². The highest BCUT2D eigenvalue weighted by Gasteiger charge is 2.20. The number of pyridine rings is 2. The Morgan fingerprint density at radius 3 is 2.77 bits per heavy atom. The molecule has 1 atom stereocenters. The fraction of sp³-hybridized carbons (Fsp3) is 0.156. The molecule has 0 aliphatic heterocycles. The van der Waals surface area contributed by atoms with E-state index in [0.29, 0.717) is 12.0 Å². The van der Waals surface area contributed by atoms with Crippen LogP contribution in [0.3, 0.4) is 0 Å². The standard InChI is InChI=1S/C32H27FN4O2/c1-20-15-24(10-11-29(20)33)30-28(7-4-13-35-30)23-12-14-37-26(17-23)18-36-31(37)32(38)39-19-25(34)16-22-9-8-21-5-2-3-6-27(21)22/h2-7,9-15,17-18,25H,8,16,19,34H2,1H3/t25-/m0/s1. The molecule has 1 aliphatic rings. The van der Waals surface area contributed by atoms with Gasteiger partial charge < -0.3 is 10.5 Å². The van der Waals surface area contributed by atoms with Crippen LogP contribution in [0.2, 0.25) is 0 Å². The zero-order chi connectivity index (χ0) is 26.9. The van der Waals surface area contributed by atoms with Gasteiger partial charge in [-0.25, -0.2) is 14.2 Å². The van der Waals surface area contributed by atoms with Crippen molar-refractivity contribution in [3.63, 3.8) is 0 Å². The van der Waals surface area contributed by atoms with Crippen LogP contribution in [0.15, 0.2) is 91.4 Å². The van der Waals surface area contributed by atoms with Gasteiger partial charge in [-0.3, -0.25) is 9.38 Å². The fourth-order valence-electron chi connectivity index (χ4n) is 5.12. The van der Waals surface area contributed by atoms with Crippen molar-refractivity contribution >= 4 is 17.1 Å². The minimum Gasteiger partial charge on any atom is -0.458 e. The molecule has 0 spiro atoms. The quantitative estimate of drug-likeness (QED) is 0.266. The smallest absolute Gasteiger partial charge is 0.374 e. The van der Waals surface area contributed by atoms with E-state index in [1.54, 1.807) is 42.0 Å². The molecule has 6 nitrogen and oxygen atoms in total. The molecule has 3 aromatic heterocycles. The first-order valence-electron chi connectivity index (χ1n) is 12.9. The van der Waals surface area contributed by atoms with E-state index in [-0.39, 0.29) is 24.3 Å². The van der Waals surface area contributed by atoms with Gasteiger partial charge in [0.15, 0.2) is 0 Å². The number of imidazole rings is 1. The summed E-state index contributed by atoms with van der Waals surface area (Å²) in [6.07, 6.45) is 8.88. The molecule has 0 radical (unpaired) electrons. The summed E-state index contributed by atoms with van der Waals surface area (Å²) in [5.41, 5.74) is 14.7. The minimum atomic E-state index is -0.525. The maximum Gasteiger partial charge on any atom is 0.374 e. The van der Waals surface area contributed by atoms with Crippen molar-refractivity contribution in [2.45, 2.75) is 25.8 Å². The number of halogens is 1. The number of allylic oxidation sites excluding steroid dienone is 1. The SMILES string of the molecule is Cc1cc(-c2ncccc2-c2ccn3c(C(=O)OC[C@@H](N)CC4=CCc5ccccc54)ncc3c2)ccc1F. The number of nitrogens with zero attached hydrogens (tertiary/aromatic N) is 3. The number of carbonyl (C=O) groups is 1. The molecule has 0 bridgehead atoms. The lowest BCUT2D eigenvalue weighted by atomic mass is 9.99. The van der Waals surface area contributed by atoms with Crippen LogP contribution in [0.5, 0.6) is 0 Å². The number of fused-ring (bicyclic) bond motifs is 2. The first-order valence-corrected chi connectivity index (χ1v) is 12.9. The Bertz CT molecular complexity index is 1740. The molecular formula is C32H27FN4O2. The molecule has 194 valence electrons. The maximum absolute atomic E-state index is 13.8. The van der Waals surface area contributed by atoms with Gasteiger partial charge in [-0.2, -0.15) is 0 Å². The second kappa shape index (κ2) is 10.3. The largest absolute Gasteiger partial charge is 0.458 e. The van der Waals surface area contributed by atoms with Crippen LogP contribution >= 0.6 is 0 Å². The Labute approximate surface area is 225 Å². The van der Waals surface area contributed by atoms with E-state index in [9.17, 15) is 9.18 Å². The van der Waals surface area contributed by atoms with Crippen LogP contribution in [-0.2, 0) is 11.2 Å². The van der Waals surface area contributed by atoms with E-state index in [2.05, 4.69) is 28.2 Å². The van der Waals surface area contributed by atoms with E-state index in [1.807, 2.05) is 36.4 Å². The number of aryl methyl sites for hydroxylation is 1. The normalized spacial score (nSPS) is 13.3. The molecule has 0 amide bonds. The Hall–Kier alpha value is -4.62. The Morgan fingerprint density at radius 1 is 1.05 bits per heavy atom. The molecule has 2 N–H and O–H groups in total. The first-order chi connectivity index (χ1) is 19.0. The number of nitrogens with two attached hydrogens (primary N) is 1. The molecular weight excluding hydrogens is 491 g/mol. The number of aromatic nitrogens is 3. The van der Waals surface area contributed by atoms with Crippen molar-refractivity contribution in [3.8, 4) is 22.4 Å². The van der Waals surface area contributed by atoms with Crippen LogP contribution in [-0.4, -0.2) is 33.0 Å². The zero-order valence-corrected chi connectivity index (χ0v) is 21.5. The first kappa shape index (κ1) is 24.7. The monoisotopic (exact) mass is 518 g/mol. The van der Waals surface area contributed by atoms with Crippen molar-refractivity contribution in [2.24, 2.45) is 5.73 Å². The molecule has 1 aliphatic carbocycles. The molecule has 0 fully saturated rings. The average molecular weight is 519 g/mol. The number of carbonyl (C=O) groups excluding carboxylic acids is 1. The minimum absolute atomic E-state index is 0.0987. The van der Waals surface area contributed by atoms with Gasteiger partial charge >= 0.3 is 5.97 Å². The number of rotatable bonds is 7. The van der Waals surface area contributed by atoms with Gasteiger partial charge in [-0.15, -0.1) is 0 Å². The summed E-state index contributed by atoms with van der Waals surface area (Å²) in [7, 11) is 0. The molecule has 0 saturated heterocycles. The summed E-state index contributed by atoms with van der Waals surface area (Å²) >= 11 is 0. The van der Waals surface area contributed by atoms with Crippen LogP contribution in [0.25, 0.3) is 33.5 Å². The van der Waals surface area contributed by atoms with Gasteiger partial charge in [0, 0.05) is 29.6 Å². The molecule has 0 saturated carbocycles. The third-order valence-corrected chi connectivity index (χ3v) is 7.11. The molecule has 6 rings (SSSR count).